The first kappa shape index (κ1) is 17.8. The van der Waals surface area contributed by atoms with E-state index in [4.69, 9.17) is 0 Å². The summed E-state index contributed by atoms with van der Waals surface area (Å²) in [5, 5.41) is 12.3. The summed E-state index contributed by atoms with van der Waals surface area (Å²) in [6, 6.07) is 8.25. The van der Waals surface area contributed by atoms with Gasteiger partial charge in [-0.15, -0.1) is 0 Å². The third-order valence-corrected chi connectivity index (χ3v) is 3.48. The first-order valence-corrected chi connectivity index (χ1v) is 7.37. The van der Waals surface area contributed by atoms with Gasteiger partial charge in [0.15, 0.2) is 0 Å². The molecule has 2 rings (SSSR count). The van der Waals surface area contributed by atoms with E-state index in [0.717, 1.165) is 17.0 Å². The molecule has 0 bridgehead atoms. The molecule has 0 aliphatic rings. The summed E-state index contributed by atoms with van der Waals surface area (Å²) in [7, 11) is 0. The highest BCUT2D eigenvalue weighted by atomic mass is 19.1. The molecule has 0 saturated heterocycles. The van der Waals surface area contributed by atoms with Gasteiger partial charge in [-0.1, -0.05) is 18.2 Å². The zero-order valence-corrected chi connectivity index (χ0v) is 13.0. The van der Waals surface area contributed by atoms with E-state index in [2.05, 4.69) is 5.32 Å². The molecule has 2 aromatic rings. The van der Waals surface area contributed by atoms with Gasteiger partial charge in [-0.2, -0.15) is 0 Å². The summed E-state index contributed by atoms with van der Waals surface area (Å²) in [6.45, 7) is 1.41. The van der Waals surface area contributed by atoms with E-state index in [1.54, 1.807) is 13.0 Å². The first-order chi connectivity index (χ1) is 11.5. The maximum Gasteiger partial charge on any atom is 0.322 e. The number of halogens is 3. The Balaban J connectivity index is 2.08. The Bertz CT molecular complexity index is 704. The van der Waals surface area contributed by atoms with E-state index in [0.29, 0.717) is 0 Å². The molecule has 0 radical (unpaired) electrons. The molecule has 0 aliphatic heterocycles. The van der Waals surface area contributed by atoms with Crippen LogP contribution in [0.5, 0.6) is 0 Å². The number of nitrogens with one attached hydrogen (secondary N) is 1. The van der Waals surface area contributed by atoms with E-state index in [1.807, 2.05) is 0 Å². The Hall–Kier alpha value is -2.54. The number of carbonyl (C=O) groups is 1. The summed E-state index contributed by atoms with van der Waals surface area (Å²) in [5.41, 5.74) is -0.448. The van der Waals surface area contributed by atoms with Crippen molar-refractivity contribution >= 4 is 11.7 Å². The molecular formula is C17H17F3N2O2. The summed E-state index contributed by atoms with van der Waals surface area (Å²) < 4.78 is 41.0. The minimum Gasteiger partial charge on any atom is -0.386 e. The summed E-state index contributed by atoms with van der Waals surface area (Å²) in [6.07, 6.45) is -1.56. The quantitative estimate of drug-likeness (QED) is 0.878. The Kier molecular flexibility index (Phi) is 5.81. The molecule has 2 N–H and O–H groups in total. The zero-order valence-electron chi connectivity index (χ0n) is 13.0. The number of hydrogen-bond acceptors (Lipinski definition) is 2. The topological polar surface area (TPSA) is 52.6 Å². The third-order valence-electron chi connectivity index (χ3n) is 3.48. The van der Waals surface area contributed by atoms with Crippen molar-refractivity contribution in [2.75, 3.05) is 18.0 Å². The van der Waals surface area contributed by atoms with Gasteiger partial charge in [-0.3, -0.25) is 4.90 Å². The second-order valence-electron chi connectivity index (χ2n) is 5.03. The van der Waals surface area contributed by atoms with Crippen LogP contribution in [0.2, 0.25) is 0 Å². The van der Waals surface area contributed by atoms with Gasteiger partial charge < -0.3 is 10.4 Å². The second-order valence-corrected chi connectivity index (χ2v) is 5.03. The predicted octanol–water partition coefficient (Wildman–Crippen LogP) is 3.37. The summed E-state index contributed by atoms with van der Waals surface area (Å²) in [5.74, 6) is -2.38. The van der Waals surface area contributed by atoms with Crippen molar-refractivity contribution in [2.45, 2.75) is 13.0 Å². The molecular weight excluding hydrogens is 321 g/mol. The largest absolute Gasteiger partial charge is 0.386 e. The number of anilines is 1. The van der Waals surface area contributed by atoms with Crippen LogP contribution >= 0.6 is 0 Å². The van der Waals surface area contributed by atoms with Crippen molar-refractivity contribution in [1.82, 2.24) is 5.32 Å². The molecule has 0 saturated carbocycles. The number of aliphatic hydroxyl groups is 1. The zero-order chi connectivity index (χ0) is 17.7. The van der Waals surface area contributed by atoms with Crippen LogP contribution in [0.25, 0.3) is 0 Å². The molecule has 24 heavy (non-hydrogen) atoms. The lowest BCUT2D eigenvalue weighted by Gasteiger charge is -2.23. The fraction of sp³-hybridized carbons (Fsp3) is 0.235. The molecule has 2 amide bonds. The number of carbonyl (C=O) groups excluding carboxylic acids is 1. The predicted molar refractivity (Wildman–Crippen MR) is 84.1 cm³/mol. The van der Waals surface area contributed by atoms with Crippen LogP contribution in [-0.2, 0) is 0 Å². The van der Waals surface area contributed by atoms with E-state index >= 15 is 0 Å². The standard InChI is InChI=1S/C17H17F3N2O2/c1-2-22(14-9-4-3-6-11(14)18)17(24)21-10-15(23)16-12(19)7-5-8-13(16)20/h3-9,15,23H,2,10H2,1H3,(H,21,24)/t15-/m1/s1. The van der Waals surface area contributed by atoms with Crippen LogP contribution in [0.1, 0.15) is 18.6 Å². The van der Waals surface area contributed by atoms with E-state index in [9.17, 15) is 23.1 Å². The molecule has 0 heterocycles. The van der Waals surface area contributed by atoms with Gasteiger partial charge in [0.2, 0.25) is 0 Å². The molecule has 0 aliphatic carbocycles. The van der Waals surface area contributed by atoms with Crippen molar-refractivity contribution in [3.8, 4) is 0 Å². The Morgan fingerprint density at radius 1 is 1.08 bits per heavy atom. The minimum absolute atomic E-state index is 0.0732. The number of aliphatic hydroxyl groups excluding tert-OH is 1. The second kappa shape index (κ2) is 7.83. The highest BCUT2D eigenvalue weighted by Crippen LogP contribution is 2.21. The van der Waals surface area contributed by atoms with Crippen molar-refractivity contribution in [1.29, 1.82) is 0 Å². The van der Waals surface area contributed by atoms with Gasteiger partial charge in [-0.05, 0) is 31.2 Å². The van der Waals surface area contributed by atoms with E-state index in [1.165, 1.54) is 24.3 Å². The normalized spacial score (nSPS) is 11.9. The van der Waals surface area contributed by atoms with Crippen LogP contribution in [0.4, 0.5) is 23.7 Å². The van der Waals surface area contributed by atoms with Gasteiger partial charge in [-0.25, -0.2) is 18.0 Å². The van der Waals surface area contributed by atoms with E-state index in [-0.39, 0.29) is 12.2 Å². The van der Waals surface area contributed by atoms with Crippen molar-refractivity contribution in [2.24, 2.45) is 0 Å². The number of nitrogens with zero attached hydrogens (tertiary/aromatic N) is 1. The molecule has 0 unspecified atom stereocenters. The molecule has 128 valence electrons. The molecule has 0 fully saturated rings. The van der Waals surface area contributed by atoms with E-state index < -0.39 is 41.7 Å². The van der Waals surface area contributed by atoms with Crippen LogP contribution in [0.3, 0.4) is 0 Å². The molecule has 4 nitrogen and oxygen atoms in total. The van der Waals surface area contributed by atoms with Gasteiger partial charge in [0, 0.05) is 13.1 Å². The van der Waals surface area contributed by atoms with Crippen molar-refractivity contribution in [3.05, 3.63) is 65.5 Å². The molecule has 1 atom stereocenters. The number of para-hydroxylation sites is 1. The Labute approximate surface area is 137 Å². The number of amides is 2. The molecule has 0 spiro atoms. The SMILES string of the molecule is CCN(C(=O)NC[C@@H](O)c1c(F)cccc1F)c1ccccc1F. The number of benzene rings is 2. The lowest BCUT2D eigenvalue weighted by atomic mass is 10.1. The fourth-order valence-corrected chi connectivity index (χ4v) is 2.30. The Morgan fingerprint density at radius 3 is 2.25 bits per heavy atom. The maximum absolute atomic E-state index is 13.8. The molecule has 2 aromatic carbocycles. The average Bonchev–Trinajstić information content (AvgIpc) is 2.55. The van der Waals surface area contributed by atoms with Crippen LogP contribution in [0.15, 0.2) is 42.5 Å². The molecule has 7 heteroatoms. The lowest BCUT2D eigenvalue weighted by molar-refractivity contribution is 0.165. The average molecular weight is 338 g/mol. The number of rotatable bonds is 5. The van der Waals surface area contributed by atoms with Gasteiger partial charge in [0.05, 0.1) is 11.3 Å². The number of hydrogen-bond donors (Lipinski definition) is 2. The van der Waals surface area contributed by atoms with Crippen LogP contribution in [-0.4, -0.2) is 24.2 Å². The molecule has 0 aromatic heterocycles. The third kappa shape index (κ3) is 3.86. The highest BCUT2D eigenvalue weighted by molar-refractivity contribution is 5.92. The van der Waals surface area contributed by atoms with Crippen LogP contribution in [0, 0.1) is 17.5 Å². The van der Waals surface area contributed by atoms with Gasteiger partial charge in [0.1, 0.15) is 23.6 Å². The lowest BCUT2D eigenvalue weighted by Crippen LogP contribution is -2.42. The fourth-order valence-electron chi connectivity index (χ4n) is 2.30. The smallest absolute Gasteiger partial charge is 0.322 e. The van der Waals surface area contributed by atoms with Gasteiger partial charge >= 0.3 is 6.03 Å². The maximum atomic E-state index is 13.8. The van der Waals surface area contributed by atoms with Crippen molar-refractivity contribution in [3.63, 3.8) is 0 Å². The summed E-state index contributed by atoms with van der Waals surface area (Å²) in [4.78, 5) is 13.3. The van der Waals surface area contributed by atoms with Crippen molar-refractivity contribution < 1.29 is 23.1 Å². The minimum atomic E-state index is -1.56. The van der Waals surface area contributed by atoms with Crippen LogP contribution < -0.4 is 10.2 Å². The Morgan fingerprint density at radius 2 is 1.67 bits per heavy atom. The summed E-state index contributed by atoms with van der Waals surface area (Å²) >= 11 is 0. The monoisotopic (exact) mass is 338 g/mol. The van der Waals surface area contributed by atoms with Gasteiger partial charge in [0.25, 0.3) is 0 Å². The highest BCUT2D eigenvalue weighted by Gasteiger charge is 2.21. The first-order valence-electron chi connectivity index (χ1n) is 7.37. The number of urea groups is 1.